The quantitative estimate of drug-likeness (QED) is 0.0926. The summed E-state index contributed by atoms with van der Waals surface area (Å²) in [5.41, 5.74) is 16.0. The fourth-order valence-corrected chi connectivity index (χ4v) is 11.1. The van der Waals surface area contributed by atoms with E-state index in [1.165, 1.54) is 129 Å². The zero-order valence-corrected chi connectivity index (χ0v) is 51.3. The Morgan fingerprint density at radius 3 is 1.39 bits per heavy atom. The smallest absolute Gasteiger partial charge is 0.127 e. The van der Waals surface area contributed by atoms with Crippen LogP contribution in [0.2, 0.25) is 0 Å². The molecule has 72 heavy (non-hydrogen) atoms. The third kappa shape index (κ3) is 22.1. The third-order valence-corrected chi connectivity index (χ3v) is 16.2. The molecule has 0 saturated carbocycles. The summed E-state index contributed by atoms with van der Waals surface area (Å²) in [5.74, 6) is 4.04. The molecule has 2 aliphatic carbocycles. The molecule has 3 atom stereocenters. The largest absolute Gasteiger partial charge is 0.507 e. The van der Waals surface area contributed by atoms with E-state index >= 15 is 0 Å². The molecule has 0 unspecified atom stereocenters. The van der Waals surface area contributed by atoms with E-state index in [1.807, 2.05) is 13.8 Å². The van der Waals surface area contributed by atoms with Gasteiger partial charge in [-0.3, -0.25) is 0 Å². The van der Waals surface area contributed by atoms with Crippen LogP contribution in [0.1, 0.15) is 229 Å². The van der Waals surface area contributed by atoms with Crippen LogP contribution < -0.4 is 4.74 Å². The number of hydrogen-bond donors (Lipinski definition) is 1. The first-order valence-corrected chi connectivity index (χ1v) is 28.3. The summed E-state index contributed by atoms with van der Waals surface area (Å²) in [4.78, 5) is 0. The minimum absolute atomic E-state index is 0. The zero-order valence-electron chi connectivity index (χ0n) is 49.6. The number of fused-ring (bicyclic) bond motifs is 1. The number of phenols is 1. The number of benzene rings is 1. The van der Waals surface area contributed by atoms with E-state index < -0.39 is 0 Å². The summed E-state index contributed by atoms with van der Waals surface area (Å²) < 4.78 is 6.60. The Bertz CT molecular complexity index is 2140. The van der Waals surface area contributed by atoms with Gasteiger partial charge >= 0.3 is 0 Å². The molecule has 3 heteroatoms. The normalized spacial score (nSPS) is 21.0. The molecule has 1 aromatic rings. The van der Waals surface area contributed by atoms with Gasteiger partial charge in [-0.2, -0.15) is 0 Å². The predicted octanol–water partition coefficient (Wildman–Crippen LogP) is 21.1. The van der Waals surface area contributed by atoms with E-state index in [0.29, 0.717) is 16.6 Å². The van der Waals surface area contributed by atoms with Crippen molar-refractivity contribution in [2.75, 3.05) is 0 Å². The number of rotatable bonds is 22. The first kappa shape index (κ1) is 64.6. The first-order chi connectivity index (χ1) is 33.4. The minimum Gasteiger partial charge on any atom is -0.507 e. The van der Waals surface area contributed by atoms with Gasteiger partial charge in [0.05, 0.1) is 0 Å². The van der Waals surface area contributed by atoms with Crippen molar-refractivity contribution in [1.82, 2.24) is 0 Å². The summed E-state index contributed by atoms with van der Waals surface area (Å²) in [5, 5.41) is 10.4. The first-order valence-electron chi connectivity index (χ1n) is 28.3. The fraction of sp³-hybridized carbons (Fsp3) is 0.594. The van der Waals surface area contributed by atoms with Gasteiger partial charge in [-0.1, -0.05) is 219 Å². The Hall–Kier alpha value is -3.52. The van der Waals surface area contributed by atoms with Gasteiger partial charge in [-0.25, -0.2) is 0 Å². The Labute approximate surface area is 455 Å². The van der Waals surface area contributed by atoms with Crippen molar-refractivity contribution in [3.63, 3.8) is 0 Å². The maximum absolute atomic E-state index is 10.4. The van der Waals surface area contributed by atoms with Crippen molar-refractivity contribution < 1.29 is 9.84 Å². The second kappa shape index (κ2) is 31.4. The molecule has 2 nitrogen and oxygen atoms in total. The van der Waals surface area contributed by atoms with Gasteiger partial charge in [0.1, 0.15) is 17.1 Å². The van der Waals surface area contributed by atoms with Crippen molar-refractivity contribution in [1.29, 1.82) is 0 Å². The van der Waals surface area contributed by atoms with E-state index in [1.54, 1.807) is 11.1 Å². The maximum Gasteiger partial charge on any atom is 0.127 e. The zero-order chi connectivity index (χ0) is 52.9. The molecule has 0 amide bonds. The van der Waals surface area contributed by atoms with Crippen LogP contribution in [0, 0.1) is 49.4 Å². The van der Waals surface area contributed by atoms with Crippen molar-refractivity contribution in [2.24, 2.45) is 28.6 Å². The maximum atomic E-state index is 10.4. The third-order valence-electron chi connectivity index (χ3n) is 16.2. The van der Waals surface area contributed by atoms with E-state index in [9.17, 15) is 5.11 Å². The van der Waals surface area contributed by atoms with Crippen LogP contribution >= 0.6 is 0 Å². The van der Waals surface area contributed by atoms with Crippen LogP contribution in [0.15, 0.2) is 130 Å². The minimum atomic E-state index is -0.0712. The van der Waals surface area contributed by atoms with Gasteiger partial charge in [0.25, 0.3) is 0 Å². The van der Waals surface area contributed by atoms with Crippen LogP contribution in [-0.4, -0.2) is 27.8 Å². The summed E-state index contributed by atoms with van der Waals surface area (Å²) in [7, 11) is 0. The van der Waals surface area contributed by atoms with Crippen LogP contribution in [-0.2, 0) is 6.42 Å². The van der Waals surface area contributed by atoms with Crippen molar-refractivity contribution in [2.45, 2.75) is 239 Å². The van der Waals surface area contributed by atoms with Gasteiger partial charge in [0.15, 0.2) is 0 Å². The Morgan fingerprint density at radius 2 is 0.944 bits per heavy atom. The molecular weight excluding hydrogens is 940 g/mol. The molecule has 1 N–H and O–H groups in total. The fourth-order valence-electron chi connectivity index (χ4n) is 11.1. The van der Waals surface area contributed by atoms with Crippen molar-refractivity contribution in [3.05, 3.63) is 152 Å². The van der Waals surface area contributed by atoms with Crippen molar-refractivity contribution >= 4 is 17.1 Å². The van der Waals surface area contributed by atoms with Crippen LogP contribution in [0.25, 0.3) is 0 Å². The average Bonchev–Trinajstić information content (AvgIpc) is 3.28. The molecule has 0 spiro atoms. The topological polar surface area (TPSA) is 29.5 Å². The number of phenolic OH excluding ortho intramolecular Hbond substituents is 1. The molecule has 0 bridgehead atoms. The number of allylic oxidation sites excluding steroid dienone is 22. The Morgan fingerprint density at radius 1 is 0.528 bits per heavy atom. The Kier molecular flexibility index (Phi) is 28.2. The van der Waals surface area contributed by atoms with E-state index in [2.05, 4.69) is 196 Å². The van der Waals surface area contributed by atoms with E-state index in [4.69, 9.17) is 4.74 Å². The molecule has 400 valence electrons. The second-order valence-corrected chi connectivity index (χ2v) is 24.7. The van der Waals surface area contributed by atoms with Crippen LogP contribution in [0.5, 0.6) is 11.5 Å². The van der Waals surface area contributed by atoms with Gasteiger partial charge in [-0.15, -0.1) is 0 Å². The van der Waals surface area contributed by atoms with Gasteiger partial charge in [-0.05, 0) is 190 Å². The molecule has 1 aliphatic heterocycles. The summed E-state index contributed by atoms with van der Waals surface area (Å²) in [6.07, 6.45) is 52.4. The summed E-state index contributed by atoms with van der Waals surface area (Å²) in [6, 6.07) is 0. The standard InChI is InChI=1S/C40H56.C29H50O2.Se/c1-31(19-13-21-33(3)25-27-37-35(5)23-15-29-39(37,7)8)17-11-12-18-32(2)20-14-22-34(4)26-28-38-36(6)24-16-30-40(38,9)10;1-20(2)12-9-13-21(3)14-10-15-22(4)16-11-18-29(8)19-17-26-25(7)27(30)23(5)24(6)28(26)31-29;/h11-14,17-22,25-28H,15-16,23-24,29-30H2,1-10H3;20-22,30H,9-19H2,1-8H3;/b12-11+,19-13+,20-14+,27-25+,28-26+,31-17+,32-18+,33-21+,34-22+;;/t;21-,22-,29-;/m.1./s1. The molecule has 4 rings (SSSR count). The van der Waals surface area contributed by atoms with Crippen molar-refractivity contribution in [3.8, 4) is 11.5 Å². The second-order valence-electron chi connectivity index (χ2n) is 24.7. The summed E-state index contributed by atoms with van der Waals surface area (Å²) >= 11 is 0. The van der Waals surface area contributed by atoms with E-state index in [0.717, 1.165) is 59.5 Å². The number of ether oxygens (including phenoxy) is 1. The molecular formula is C69H106O2Se. The SMILES string of the molecule is CC1=C(/C=C/C(C)=C/C=C/C(C)=C/C=C/C=C(C)/C=C/C=C(C)/C=C/C2=C(C)CCCC2(C)C)C(C)(C)CCC1.Cc1c(C)c2c(c(C)c1O)CC[C@@](C)(CCC[C@H](C)CCC[C@H](C)CCCC(C)C)O2.[Se]. The number of aromatic hydroxyl groups is 1. The molecule has 1 heterocycles. The monoisotopic (exact) mass is 1050 g/mol. The molecule has 0 saturated heterocycles. The average molecular weight is 1050 g/mol. The number of hydrogen-bond acceptors (Lipinski definition) is 2. The Balaban J connectivity index is 0.000000502. The van der Waals surface area contributed by atoms with Gasteiger partial charge < -0.3 is 9.84 Å². The molecule has 3 aliphatic rings. The molecule has 0 fully saturated rings. The van der Waals surface area contributed by atoms with Crippen LogP contribution in [0.3, 0.4) is 0 Å². The van der Waals surface area contributed by atoms with Gasteiger partial charge in [0, 0.05) is 22.6 Å². The van der Waals surface area contributed by atoms with E-state index in [-0.39, 0.29) is 22.7 Å². The molecule has 1 aromatic carbocycles. The molecule has 2 radical (unpaired) electrons. The molecule has 0 aromatic heterocycles. The van der Waals surface area contributed by atoms with Crippen LogP contribution in [0.4, 0.5) is 0 Å². The predicted molar refractivity (Wildman–Crippen MR) is 322 cm³/mol. The summed E-state index contributed by atoms with van der Waals surface area (Å²) in [6.45, 7) is 40.7. The van der Waals surface area contributed by atoms with Gasteiger partial charge in [0.2, 0.25) is 0 Å².